The van der Waals surface area contributed by atoms with Crippen molar-refractivity contribution in [3.8, 4) is 5.69 Å². The molecule has 2 aromatic heterocycles. The Labute approximate surface area is 149 Å². The predicted octanol–water partition coefficient (Wildman–Crippen LogP) is 4.57. The lowest BCUT2D eigenvalue weighted by molar-refractivity contribution is 0.880. The number of hydrogen-bond donors (Lipinski definition) is 1. The van der Waals surface area contributed by atoms with Crippen molar-refractivity contribution < 1.29 is 0 Å². The van der Waals surface area contributed by atoms with Gasteiger partial charge in [-0.15, -0.1) is 0 Å². The monoisotopic (exact) mass is 416 g/mol. The molecular weight excluding hydrogens is 399 g/mol. The van der Waals surface area contributed by atoms with E-state index < -0.39 is 0 Å². The Kier molecular flexibility index (Phi) is 7.62. The number of benzene rings is 2. The van der Waals surface area contributed by atoms with Gasteiger partial charge in [-0.1, -0.05) is 36.4 Å². The molecule has 0 atom stereocenters. The molecule has 4 aromatic rings. The number of aromatic nitrogens is 4. The molecule has 4 rings (SSSR count). The summed E-state index contributed by atoms with van der Waals surface area (Å²) >= 11 is 2.28. The zero-order valence-corrected chi connectivity index (χ0v) is 14.6. The van der Waals surface area contributed by atoms with E-state index >= 15 is 0 Å². The molecule has 0 spiro atoms. The smallest absolute Gasteiger partial charge is 0.0645 e. The largest absolute Gasteiger partial charge is 0.286 e. The fourth-order valence-corrected chi connectivity index (χ4v) is 2.05. The molecule has 0 bridgehead atoms. The fourth-order valence-electron chi connectivity index (χ4n) is 1.63. The zero-order valence-electron chi connectivity index (χ0n) is 12.5. The first-order chi connectivity index (χ1) is 11.4. The van der Waals surface area contributed by atoms with E-state index in [4.69, 9.17) is 0 Å². The number of nitrogens with one attached hydrogen (secondary N) is 1. The van der Waals surface area contributed by atoms with Gasteiger partial charge in [0.15, 0.2) is 0 Å². The normalized spacial score (nSPS) is 9.09. The van der Waals surface area contributed by atoms with Crippen molar-refractivity contribution in [2.24, 2.45) is 0 Å². The van der Waals surface area contributed by atoms with Crippen LogP contribution >= 0.6 is 22.6 Å². The van der Waals surface area contributed by atoms with E-state index in [0.29, 0.717) is 0 Å². The highest BCUT2D eigenvalue weighted by molar-refractivity contribution is 14.1. The minimum Gasteiger partial charge on any atom is -0.286 e. The minimum atomic E-state index is 1.09. The Morgan fingerprint density at radius 2 is 1.48 bits per heavy atom. The van der Waals surface area contributed by atoms with Crippen LogP contribution in [0.5, 0.6) is 0 Å². The summed E-state index contributed by atoms with van der Waals surface area (Å²) in [5.41, 5.74) is 1.09. The van der Waals surface area contributed by atoms with Crippen LogP contribution in [0.25, 0.3) is 5.69 Å². The first-order valence-corrected chi connectivity index (χ1v) is 8.13. The summed E-state index contributed by atoms with van der Waals surface area (Å²) in [6.45, 7) is 0. The summed E-state index contributed by atoms with van der Waals surface area (Å²) in [5.74, 6) is 0. The van der Waals surface area contributed by atoms with Crippen LogP contribution in [0.1, 0.15) is 0 Å². The molecule has 0 saturated heterocycles. The third-order valence-corrected chi connectivity index (χ3v) is 3.38. The maximum absolute atomic E-state index is 4.10. The maximum Gasteiger partial charge on any atom is 0.0645 e. The number of rotatable bonds is 1. The van der Waals surface area contributed by atoms with E-state index in [9.17, 15) is 0 Å². The van der Waals surface area contributed by atoms with Crippen LogP contribution in [0.15, 0.2) is 97.6 Å². The van der Waals surface area contributed by atoms with Crippen molar-refractivity contribution in [2.75, 3.05) is 0 Å². The van der Waals surface area contributed by atoms with Crippen molar-refractivity contribution in [2.45, 2.75) is 0 Å². The second-order valence-electron chi connectivity index (χ2n) is 4.35. The molecule has 5 heteroatoms. The number of H-pyrrole nitrogens is 1. The van der Waals surface area contributed by atoms with Crippen molar-refractivity contribution in [1.29, 1.82) is 0 Å². The molecule has 0 amide bonds. The third kappa shape index (κ3) is 6.92. The molecule has 0 aliphatic rings. The van der Waals surface area contributed by atoms with Crippen molar-refractivity contribution >= 4 is 22.6 Å². The van der Waals surface area contributed by atoms with Gasteiger partial charge in [-0.05, 0) is 59.0 Å². The average Bonchev–Trinajstić information content (AvgIpc) is 3.33. The van der Waals surface area contributed by atoms with Gasteiger partial charge in [-0.25, -0.2) is 4.68 Å². The first kappa shape index (κ1) is 17.0. The van der Waals surface area contributed by atoms with E-state index in [2.05, 4.69) is 50.0 Å². The van der Waals surface area contributed by atoms with E-state index in [1.165, 1.54) is 3.57 Å². The van der Waals surface area contributed by atoms with Gasteiger partial charge in [0.1, 0.15) is 0 Å². The minimum absolute atomic E-state index is 1.09. The summed E-state index contributed by atoms with van der Waals surface area (Å²) in [5, 5.41) is 10.3. The molecule has 0 fully saturated rings. The molecule has 0 aliphatic carbocycles. The number of para-hydroxylation sites is 1. The Morgan fingerprint density at radius 3 is 1.87 bits per heavy atom. The topological polar surface area (TPSA) is 46.5 Å². The summed E-state index contributed by atoms with van der Waals surface area (Å²) in [6, 6.07) is 24.0. The van der Waals surface area contributed by atoms with Crippen LogP contribution < -0.4 is 0 Å². The molecule has 4 nitrogen and oxygen atoms in total. The molecule has 0 unspecified atom stereocenters. The average molecular weight is 416 g/mol. The number of hydrogen-bond acceptors (Lipinski definition) is 2. The van der Waals surface area contributed by atoms with Crippen molar-refractivity contribution in [3.05, 3.63) is 101 Å². The Balaban J connectivity index is 0.000000137. The van der Waals surface area contributed by atoms with Crippen molar-refractivity contribution in [3.63, 3.8) is 0 Å². The number of nitrogens with zero attached hydrogens (tertiary/aromatic N) is 3. The van der Waals surface area contributed by atoms with Gasteiger partial charge in [-0.2, -0.15) is 10.2 Å². The summed E-state index contributed by atoms with van der Waals surface area (Å²) in [4.78, 5) is 0. The lowest BCUT2D eigenvalue weighted by Crippen LogP contribution is -1.91. The predicted molar refractivity (Wildman–Crippen MR) is 101 cm³/mol. The summed E-state index contributed by atoms with van der Waals surface area (Å²) in [6.07, 6.45) is 7.16. The zero-order chi connectivity index (χ0) is 16.2. The van der Waals surface area contributed by atoms with Crippen LogP contribution in [0.4, 0.5) is 0 Å². The molecule has 1 N–H and O–H groups in total. The molecule has 116 valence electrons. The second-order valence-corrected chi connectivity index (χ2v) is 5.59. The lowest BCUT2D eigenvalue weighted by atomic mass is 10.3. The van der Waals surface area contributed by atoms with E-state index in [1.807, 2.05) is 71.5 Å². The van der Waals surface area contributed by atoms with E-state index in [1.54, 1.807) is 18.6 Å². The Bertz CT molecular complexity index is 706. The molecular formula is C18H17IN4. The van der Waals surface area contributed by atoms with Gasteiger partial charge in [-0.3, -0.25) is 5.10 Å². The van der Waals surface area contributed by atoms with Crippen LogP contribution in [0, 0.1) is 3.57 Å². The molecule has 2 aromatic carbocycles. The molecule has 0 saturated carbocycles. The van der Waals surface area contributed by atoms with Crippen LogP contribution in [-0.4, -0.2) is 20.0 Å². The number of halogens is 1. The van der Waals surface area contributed by atoms with E-state index in [0.717, 1.165) is 5.69 Å². The van der Waals surface area contributed by atoms with Crippen molar-refractivity contribution in [1.82, 2.24) is 20.0 Å². The van der Waals surface area contributed by atoms with Crippen LogP contribution in [0.3, 0.4) is 0 Å². The van der Waals surface area contributed by atoms with Gasteiger partial charge >= 0.3 is 0 Å². The highest BCUT2D eigenvalue weighted by Gasteiger charge is 1.90. The first-order valence-electron chi connectivity index (χ1n) is 7.05. The van der Waals surface area contributed by atoms with Crippen LogP contribution in [0.2, 0.25) is 0 Å². The Morgan fingerprint density at radius 1 is 0.783 bits per heavy atom. The maximum atomic E-state index is 4.10. The highest BCUT2D eigenvalue weighted by Crippen LogP contribution is 2.03. The van der Waals surface area contributed by atoms with Gasteiger partial charge in [0.25, 0.3) is 0 Å². The van der Waals surface area contributed by atoms with Gasteiger partial charge in [0.05, 0.1) is 5.69 Å². The molecule has 23 heavy (non-hydrogen) atoms. The summed E-state index contributed by atoms with van der Waals surface area (Å²) in [7, 11) is 0. The SMILES string of the molecule is Ic1ccccc1.c1ccc(-n2cccn2)cc1.c1cn[nH]c1. The molecule has 0 radical (unpaired) electrons. The van der Waals surface area contributed by atoms with Crippen LogP contribution in [-0.2, 0) is 0 Å². The van der Waals surface area contributed by atoms with Gasteiger partial charge in [0.2, 0.25) is 0 Å². The number of aromatic amines is 1. The summed E-state index contributed by atoms with van der Waals surface area (Å²) < 4.78 is 3.13. The van der Waals surface area contributed by atoms with Gasteiger partial charge in [0, 0.05) is 28.4 Å². The second kappa shape index (κ2) is 10.3. The highest BCUT2D eigenvalue weighted by atomic mass is 127. The van der Waals surface area contributed by atoms with Gasteiger partial charge < -0.3 is 0 Å². The standard InChI is InChI=1S/C9H8N2.C6H5I.C3H4N2/c1-2-5-9(6-3-1)11-8-4-7-10-11;7-6-4-2-1-3-5-6;1-2-4-5-3-1/h1-8H;1-5H;1-3H,(H,4,5). The molecule has 2 heterocycles. The molecule has 0 aliphatic heterocycles. The fraction of sp³-hybridized carbons (Fsp3) is 0. The van der Waals surface area contributed by atoms with E-state index in [-0.39, 0.29) is 0 Å². The third-order valence-electron chi connectivity index (χ3n) is 2.66. The quantitative estimate of drug-likeness (QED) is 0.462. The Hall–Kier alpha value is -2.41. The lowest BCUT2D eigenvalue weighted by Gasteiger charge is -1.97.